The molecule has 1 heterocycles. The third kappa shape index (κ3) is 5.17. The van der Waals surface area contributed by atoms with Crippen molar-refractivity contribution >= 4 is 11.6 Å². The molecule has 1 aliphatic heterocycles. The second kappa shape index (κ2) is 5.49. The van der Waals surface area contributed by atoms with Gasteiger partial charge < -0.3 is 10.0 Å². The normalized spacial score (nSPS) is 16.1. The summed E-state index contributed by atoms with van der Waals surface area (Å²) in [7, 11) is 1.76. The summed E-state index contributed by atoms with van der Waals surface area (Å²) in [4.78, 5) is 13.5. The summed E-state index contributed by atoms with van der Waals surface area (Å²) in [5.74, 6) is 0.0488. The second-order valence-electron chi connectivity index (χ2n) is 5.35. The van der Waals surface area contributed by atoms with Gasteiger partial charge in [-0.15, -0.1) is 0 Å². The van der Waals surface area contributed by atoms with Crippen LogP contribution in [0.1, 0.15) is 33.6 Å². The van der Waals surface area contributed by atoms with Gasteiger partial charge >= 0.3 is 0 Å². The molecule has 0 saturated heterocycles. The summed E-state index contributed by atoms with van der Waals surface area (Å²) in [5, 5.41) is 15.7. The molecule has 0 unspecified atom stereocenters. The first kappa shape index (κ1) is 14.0. The molecule has 17 heavy (non-hydrogen) atoms. The van der Waals surface area contributed by atoms with Crippen molar-refractivity contribution in [3.8, 4) is 0 Å². The van der Waals surface area contributed by atoms with Gasteiger partial charge in [0.05, 0.1) is 5.60 Å². The highest BCUT2D eigenvalue weighted by atomic mass is 16.3. The van der Waals surface area contributed by atoms with E-state index >= 15 is 0 Å². The van der Waals surface area contributed by atoms with Gasteiger partial charge in [0.25, 0.3) is 0 Å². The number of hydrogen-bond donors (Lipinski definition) is 1. The number of likely N-dealkylation sites (N-methyl/N-ethyl adjacent to an activating group) is 1. The van der Waals surface area contributed by atoms with Crippen molar-refractivity contribution in [3.05, 3.63) is 0 Å². The van der Waals surface area contributed by atoms with Crippen molar-refractivity contribution in [1.82, 2.24) is 9.91 Å². The Morgan fingerprint density at radius 3 is 2.71 bits per heavy atom. The van der Waals surface area contributed by atoms with E-state index in [2.05, 4.69) is 5.10 Å². The molecule has 5 heteroatoms. The Balaban J connectivity index is 2.32. The Bertz CT molecular complexity index is 307. The Kier molecular flexibility index (Phi) is 4.51. The van der Waals surface area contributed by atoms with E-state index in [0.717, 1.165) is 18.7 Å². The molecule has 1 aliphatic rings. The van der Waals surface area contributed by atoms with Crippen molar-refractivity contribution in [3.63, 3.8) is 0 Å². The minimum absolute atomic E-state index is 0.0488. The smallest absolute Gasteiger partial charge is 0.243 e. The average Bonchev–Trinajstić information content (AvgIpc) is 2.59. The molecule has 98 valence electrons. The van der Waals surface area contributed by atoms with Gasteiger partial charge in [0.2, 0.25) is 5.91 Å². The lowest BCUT2D eigenvalue weighted by molar-refractivity contribution is -0.131. The zero-order valence-corrected chi connectivity index (χ0v) is 11.2. The first-order valence-electron chi connectivity index (χ1n) is 6.03. The topological polar surface area (TPSA) is 56.1 Å². The van der Waals surface area contributed by atoms with Crippen LogP contribution in [0, 0.1) is 0 Å². The van der Waals surface area contributed by atoms with Crippen molar-refractivity contribution in [2.24, 2.45) is 5.10 Å². The van der Waals surface area contributed by atoms with Crippen LogP contribution in [-0.4, -0.2) is 58.9 Å². The molecule has 0 spiro atoms. The van der Waals surface area contributed by atoms with Crippen molar-refractivity contribution in [1.29, 1.82) is 0 Å². The molecule has 0 fully saturated rings. The van der Waals surface area contributed by atoms with Gasteiger partial charge in [-0.05, 0) is 27.2 Å². The average molecular weight is 241 g/mol. The Hall–Kier alpha value is -1.10. The molecule has 0 aromatic carbocycles. The fourth-order valence-corrected chi connectivity index (χ4v) is 1.59. The summed E-state index contributed by atoms with van der Waals surface area (Å²) < 4.78 is 0. The third-order valence-electron chi connectivity index (χ3n) is 2.85. The number of aliphatic hydroxyl groups is 1. The first-order valence-corrected chi connectivity index (χ1v) is 6.03. The van der Waals surface area contributed by atoms with Crippen molar-refractivity contribution < 1.29 is 9.90 Å². The van der Waals surface area contributed by atoms with Gasteiger partial charge in [-0.2, -0.15) is 5.10 Å². The van der Waals surface area contributed by atoms with Gasteiger partial charge in [-0.3, -0.25) is 9.80 Å². The highest BCUT2D eigenvalue weighted by Gasteiger charge is 2.19. The van der Waals surface area contributed by atoms with Crippen LogP contribution < -0.4 is 0 Å². The number of carbonyl (C=O) groups excluding carboxylic acids is 1. The van der Waals surface area contributed by atoms with E-state index in [4.69, 9.17) is 0 Å². The fourth-order valence-electron chi connectivity index (χ4n) is 1.59. The molecule has 0 aliphatic carbocycles. The predicted molar refractivity (Wildman–Crippen MR) is 67.9 cm³/mol. The van der Waals surface area contributed by atoms with Crippen LogP contribution in [0.5, 0.6) is 0 Å². The largest absolute Gasteiger partial charge is 0.390 e. The summed E-state index contributed by atoms with van der Waals surface area (Å²) >= 11 is 0. The van der Waals surface area contributed by atoms with Gasteiger partial charge in [-0.25, -0.2) is 0 Å². The number of nitrogens with zero attached hydrogens (tertiary/aromatic N) is 3. The third-order valence-corrected chi connectivity index (χ3v) is 2.85. The highest BCUT2D eigenvalue weighted by molar-refractivity contribution is 5.84. The molecule has 0 saturated carbocycles. The number of hydrazone groups is 1. The Labute approximate surface area is 103 Å². The number of hydrogen-bond acceptors (Lipinski definition) is 4. The quantitative estimate of drug-likeness (QED) is 0.770. The molecular formula is C12H23N3O2. The molecule has 0 atom stereocenters. The van der Waals surface area contributed by atoms with E-state index in [-0.39, 0.29) is 5.91 Å². The summed E-state index contributed by atoms with van der Waals surface area (Å²) in [6.45, 7) is 7.21. The van der Waals surface area contributed by atoms with E-state index in [0.29, 0.717) is 19.5 Å². The predicted octanol–water partition coefficient (Wildman–Crippen LogP) is 0.687. The molecule has 1 N–H and O–H groups in total. The Morgan fingerprint density at radius 1 is 1.59 bits per heavy atom. The van der Waals surface area contributed by atoms with Gasteiger partial charge in [0, 0.05) is 32.3 Å². The second-order valence-corrected chi connectivity index (χ2v) is 5.35. The zero-order chi connectivity index (χ0) is 13.1. The zero-order valence-electron chi connectivity index (χ0n) is 11.2. The summed E-state index contributed by atoms with van der Waals surface area (Å²) in [5.41, 5.74) is 0.355. The fraction of sp³-hybridized carbons (Fsp3) is 0.833. The lowest BCUT2D eigenvalue weighted by Gasteiger charge is -2.24. The lowest BCUT2D eigenvalue weighted by atomic mass is 10.1. The van der Waals surface area contributed by atoms with Crippen LogP contribution in [0.25, 0.3) is 0 Å². The van der Waals surface area contributed by atoms with Crippen LogP contribution in [-0.2, 0) is 4.79 Å². The minimum atomic E-state index is -0.725. The maximum Gasteiger partial charge on any atom is 0.243 e. The molecular weight excluding hydrogens is 218 g/mol. The summed E-state index contributed by atoms with van der Waals surface area (Å²) in [6.07, 6.45) is 1.53. The van der Waals surface area contributed by atoms with E-state index in [1.54, 1.807) is 30.8 Å². The van der Waals surface area contributed by atoms with Crippen molar-refractivity contribution in [2.45, 2.75) is 39.2 Å². The minimum Gasteiger partial charge on any atom is -0.390 e. The lowest BCUT2D eigenvalue weighted by Crippen LogP contribution is -2.38. The van der Waals surface area contributed by atoms with Crippen LogP contribution in [0.15, 0.2) is 5.10 Å². The van der Waals surface area contributed by atoms with E-state index in [1.165, 1.54) is 0 Å². The number of amides is 1. The maximum atomic E-state index is 11.9. The highest BCUT2D eigenvalue weighted by Crippen LogP contribution is 2.09. The van der Waals surface area contributed by atoms with Gasteiger partial charge in [0.15, 0.2) is 0 Å². The molecule has 0 aromatic rings. The first-order chi connectivity index (χ1) is 7.78. The molecule has 0 bridgehead atoms. The SMILES string of the molecule is CC1=NN(CC(=O)N(C)CCC(C)(C)O)CC1. The maximum absolute atomic E-state index is 11.9. The number of rotatable bonds is 5. The molecule has 1 rings (SSSR count). The Morgan fingerprint density at radius 2 is 2.24 bits per heavy atom. The van der Waals surface area contributed by atoms with Gasteiger partial charge in [0.1, 0.15) is 6.54 Å². The van der Waals surface area contributed by atoms with Crippen LogP contribution in [0.3, 0.4) is 0 Å². The van der Waals surface area contributed by atoms with E-state index in [9.17, 15) is 9.90 Å². The van der Waals surface area contributed by atoms with Crippen LogP contribution in [0.4, 0.5) is 0 Å². The molecule has 0 aromatic heterocycles. The molecule has 1 amide bonds. The summed E-state index contributed by atoms with van der Waals surface area (Å²) in [6, 6.07) is 0. The van der Waals surface area contributed by atoms with Crippen molar-refractivity contribution in [2.75, 3.05) is 26.7 Å². The van der Waals surface area contributed by atoms with Crippen LogP contribution >= 0.6 is 0 Å². The molecule has 5 nitrogen and oxygen atoms in total. The van der Waals surface area contributed by atoms with E-state index < -0.39 is 5.60 Å². The number of carbonyl (C=O) groups is 1. The van der Waals surface area contributed by atoms with E-state index in [1.807, 2.05) is 6.92 Å². The molecule has 0 radical (unpaired) electrons. The van der Waals surface area contributed by atoms with Gasteiger partial charge in [-0.1, -0.05) is 0 Å². The standard InChI is InChI=1S/C12H23N3O2/c1-10-5-7-15(13-10)9-11(16)14(4)8-6-12(2,3)17/h17H,5-9H2,1-4H3. The van der Waals surface area contributed by atoms with Crippen LogP contribution in [0.2, 0.25) is 0 Å². The monoisotopic (exact) mass is 241 g/mol.